The number of rotatable bonds is 69. The van der Waals surface area contributed by atoms with Crippen molar-refractivity contribution in [1.82, 2.24) is 5.32 Å². The Hall–Kier alpha value is -1.16. The molecule has 0 radical (unpaired) electrons. The van der Waals surface area contributed by atoms with Gasteiger partial charge in [0.15, 0.2) is 6.29 Å². The summed E-state index contributed by atoms with van der Waals surface area (Å²) in [5.41, 5.74) is 0. The van der Waals surface area contributed by atoms with E-state index in [1.54, 1.807) is 6.08 Å². The largest absolute Gasteiger partial charge is 0.397 e. The summed E-state index contributed by atoms with van der Waals surface area (Å²) in [4.78, 5) is 13.2. The molecule has 7 atom stereocenters. The Kier molecular flexibility index (Phi) is 61.3. The lowest BCUT2D eigenvalue weighted by Crippen LogP contribution is -2.61. The molecule has 1 aliphatic heterocycles. The zero-order valence-corrected chi connectivity index (χ0v) is 57.9. The predicted molar refractivity (Wildman–Crippen MR) is 366 cm³/mol. The fourth-order valence-electron chi connectivity index (χ4n) is 12.8. The summed E-state index contributed by atoms with van der Waals surface area (Å²) in [7, 11) is -5.09. The molecule has 0 spiro atoms. The van der Waals surface area contributed by atoms with E-state index in [4.69, 9.17) is 9.47 Å². The minimum atomic E-state index is -5.09. The molecule has 12 nitrogen and oxygen atoms in total. The van der Waals surface area contributed by atoms with E-state index in [2.05, 4.69) is 23.3 Å². The van der Waals surface area contributed by atoms with Crippen LogP contribution in [0.25, 0.3) is 0 Å². The van der Waals surface area contributed by atoms with Gasteiger partial charge in [-0.1, -0.05) is 386 Å². The summed E-state index contributed by atoms with van der Waals surface area (Å²) in [6, 6.07) is -0.942. The number of allylic oxidation sites excluding steroid dienone is 1. The third kappa shape index (κ3) is 55.0. The second-order valence-electron chi connectivity index (χ2n) is 27.0. The van der Waals surface area contributed by atoms with E-state index in [9.17, 15) is 38.2 Å². The molecule has 0 bridgehead atoms. The van der Waals surface area contributed by atoms with E-state index in [0.29, 0.717) is 6.42 Å². The van der Waals surface area contributed by atoms with Crippen molar-refractivity contribution in [3.63, 3.8) is 0 Å². The van der Waals surface area contributed by atoms with E-state index >= 15 is 0 Å². The van der Waals surface area contributed by atoms with E-state index < -0.39 is 59.9 Å². The van der Waals surface area contributed by atoms with Crippen molar-refractivity contribution in [3.8, 4) is 0 Å². The summed E-state index contributed by atoms with van der Waals surface area (Å²) >= 11 is 0. The van der Waals surface area contributed by atoms with Gasteiger partial charge in [0, 0.05) is 6.42 Å². The molecule has 1 fully saturated rings. The quantitative estimate of drug-likeness (QED) is 0.0193. The van der Waals surface area contributed by atoms with Gasteiger partial charge in [-0.15, -0.1) is 0 Å². The molecule has 0 saturated carbocycles. The smallest absolute Gasteiger partial charge is 0.394 e. The lowest BCUT2D eigenvalue weighted by atomic mass is 9.99. The zero-order valence-electron chi connectivity index (χ0n) is 57.1. The fraction of sp³-hybridized carbons (Fsp3) is 0.959. The van der Waals surface area contributed by atoms with Crippen LogP contribution in [-0.4, -0.2) is 95.4 Å². The molecule has 1 amide bonds. The molecule has 1 saturated heterocycles. The van der Waals surface area contributed by atoms with Gasteiger partial charge in [-0.2, -0.15) is 8.42 Å². The van der Waals surface area contributed by atoms with Crippen molar-refractivity contribution in [2.75, 3.05) is 13.2 Å². The van der Waals surface area contributed by atoms with Crippen LogP contribution >= 0.6 is 0 Å². The van der Waals surface area contributed by atoms with Gasteiger partial charge in [0.05, 0.1) is 25.4 Å². The topological polar surface area (TPSA) is 192 Å². The molecule has 518 valence electrons. The van der Waals surface area contributed by atoms with Crippen LogP contribution in [0.15, 0.2) is 12.2 Å². The van der Waals surface area contributed by atoms with Gasteiger partial charge < -0.3 is 35.2 Å². The van der Waals surface area contributed by atoms with Crippen LogP contribution in [0, 0.1) is 0 Å². The lowest BCUT2D eigenvalue weighted by Gasteiger charge is -2.41. The number of hydrogen-bond donors (Lipinski definition) is 6. The molecule has 0 aromatic carbocycles. The fourth-order valence-corrected chi connectivity index (χ4v) is 13.3. The number of unbranched alkanes of at least 4 members (excludes halogenated alkanes) is 57. The van der Waals surface area contributed by atoms with E-state index in [0.717, 1.165) is 38.5 Å². The van der Waals surface area contributed by atoms with Crippen LogP contribution in [0.1, 0.15) is 399 Å². The average Bonchev–Trinajstić information content (AvgIpc) is 1.79. The van der Waals surface area contributed by atoms with Crippen LogP contribution in [0.3, 0.4) is 0 Å². The van der Waals surface area contributed by atoms with E-state index in [-0.39, 0.29) is 18.9 Å². The van der Waals surface area contributed by atoms with Gasteiger partial charge in [0.25, 0.3) is 0 Å². The molecular formula is C74H145NO11S. The average molecular weight is 1260 g/mol. The molecule has 6 N–H and O–H groups in total. The first kappa shape index (κ1) is 83.9. The first-order valence-electron chi connectivity index (χ1n) is 38.1. The maximum Gasteiger partial charge on any atom is 0.397 e. The van der Waals surface area contributed by atoms with Crippen molar-refractivity contribution >= 4 is 16.3 Å². The second kappa shape index (κ2) is 63.6. The third-order valence-electron chi connectivity index (χ3n) is 18.6. The highest BCUT2D eigenvalue weighted by molar-refractivity contribution is 7.80. The molecule has 0 aromatic heterocycles. The Morgan fingerprint density at radius 2 is 0.724 bits per heavy atom. The van der Waals surface area contributed by atoms with Crippen molar-refractivity contribution in [3.05, 3.63) is 12.2 Å². The first-order valence-corrected chi connectivity index (χ1v) is 39.4. The molecule has 13 heteroatoms. The van der Waals surface area contributed by atoms with Crippen molar-refractivity contribution < 1.29 is 51.8 Å². The number of carbonyl (C=O) groups is 1. The second-order valence-corrected chi connectivity index (χ2v) is 28.0. The minimum Gasteiger partial charge on any atom is -0.394 e. The summed E-state index contributed by atoms with van der Waals surface area (Å²) in [6.07, 6.45) is 73.1. The van der Waals surface area contributed by atoms with Crippen LogP contribution in [-0.2, 0) is 28.9 Å². The Bertz CT molecular complexity index is 1570. The molecule has 87 heavy (non-hydrogen) atoms. The number of ether oxygens (including phenoxy) is 2. The summed E-state index contributed by atoms with van der Waals surface area (Å²) in [5.74, 6) is -0.252. The van der Waals surface area contributed by atoms with Crippen LogP contribution in [0.5, 0.6) is 0 Å². The maximum atomic E-state index is 13.2. The minimum absolute atomic E-state index is 0.252. The lowest BCUT2D eigenvalue weighted by molar-refractivity contribution is -0.298. The normalized spacial score (nSPS) is 18.1. The Balaban J connectivity index is 2.18. The molecule has 0 aliphatic carbocycles. The summed E-state index contributed by atoms with van der Waals surface area (Å²) in [6.45, 7) is 3.48. The van der Waals surface area contributed by atoms with Crippen LogP contribution in [0.4, 0.5) is 0 Å². The number of amides is 1. The van der Waals surface area contributed by atoms with Crippen LogP contribution in [0.2, 0.25) is 0 Å². The number of aliphatic hydroxyl groups excluding tert-OH is 4. The Labute approximate surface area is 538 Å². The first-order chi connectivity index (χ1) is 42.5. The highest BCUT2D eigenvalue weighted by Crippen LogP contribution is 2.27. The van der Waals surface area contributed by atoms with Gasteiger partial charge in [-0.3, -0.25) is 9.35 Å². The van der Waals surface area contributed by atoms with Gasteiger partial charge in [-0.25, -0.2) is 4.18 Å². The van der Waals surface area contributed by atoms with Gasteiger partial charge in [-0.05, 0) is 19.3 Å². The molecule has 7 unspecified atom stereocenters. The van der Waals surface area contributed by atoms with E-state index in [1.165, 1.54) is 334 Å². The number of hydrogen-bond acceptors (Lipinski definition) is 10. The molecule has 1 rings (SSSR count). The van der Waals surface area contributed by atoms with E-state index in [1.807, 2.05) is 6.08 Å². The highest BCUT2D eigenvalue weighted by Gasteiger charge is 2.48. The van der Waals surface area contributed by atoms with Crippen LogP contribution < -0.4 is 5.32 Å². The Morgan fingerprint density at radius 3 is 1.00 bits per heavy atom. The number of nitrogens with one attached hydrogen (secondary N) is 1. The monoisotopic (exact) mass is 1260 g/mol. The number of aliphatic hydroxyl groups is 4. The van der Waals surface area contributed by atoms with Gasteiger partial charge in [0.1, 0.15) is 24.4 Å². The van der Waals surface area contributed by atoms with Gasteiger partial charge in [0.2, 0.25) is 5.91 Å². The number of carbonyl (C=O) groups excluding carboxylic acids is 1. The highest BCUT2D eigenvalue weighted by atomic mass is 32.3. The standard InChI is InChI=1S/C74H145NO11S/c1-3-5-7-9-11-13-15-17-19-21-23-25-27-29-30-31-32-33-34-35-36-37-38-40-42-44-46-48-50-52-54-56-58-60-62-64-70(78)75-67(66-84-74-72(80)73(86-87(81,82)83)71(79)69(65-76)85-74)68(77)63-61-59-57-55-53-51-49-47-45-43-41-39-28-26-24-22-20-18-16-14-12-10-8-6-4-2/h61,63,67-69,71-74,76-77,79-80H,3-60,62,64-66H2,1-2H3,(H,75,78)(H,81,82,83)/b63-61+. The van der Waals surface area contributed by atoms with Crippen molar-refractivity contribution in [2.45, 2.75) is 442 Å². The SMILES string of the molecule is CCCCCCCCCCCCCCCCCCCCCCCCC/C=C/C(O)C(COC1OC(CO)C(O)C(OS(=O)(=O)O)C1O)NC(=O)CCCCCCCCCCCCCCCCCCCCCCCCCCCCCCCCCCCCC. The van der Waals surface area contributed by atoms with Gasteiger partial charge >= 0.3 is 10.4 Å². The maximum absolute atomic E-state index is 13.2. The summed E-state index contributed by atoms with van der Waals surface area (Å²) in [5, 5.41) is 45.2. The molecule has 1 aliphatic rings. The third-order valence-corrected chi connectivity index (χ3v) is 19.0. The predicted octanol–water partition coefficient (Wildman–Crippen LogP) is 20.5. The molecular weight excluding hydrogens is 1110 g/mol. The van der Waals surface area contributed by atoms with Crippen molar-refractivity contribution in [1.29, 1.82) is 0 Å². The molecule has 1 heterocycles. The van der Waals surface area contributed by atoms with Crippen molar-refractivity contribution in [2.24, 2.45) is 0 Å². The summed E-state index contributed by atoms with van der Waals surface area (Å²) < 4.78 is 48.1. The Morgan fingerprint density at radius 1 is 0.448 bits per heavy atom. The zero-order chi connectivity index (χ0) is 63.2. The molecule has 0 aromatic rings.